The Kier molecular flexibility index (Phi) is 4.20. The van der Waals surface area contributed by atoms with Gasteiger partial charge in [0.05, 0.1) is 19.1 Å². The summed E-state index contributed by atoms with van der Waals surface area (Å²) in [6.45, 7) is -0.194. The number of hydrogen-bond donors (Lipinski definition) is 2. The third-order valence-corrected chi connectivity index (χ3v) is 2.58. The van der Waals surface area contributed by atoms with Crippen LogP contribution in [0.15, 0.2) is 45.6 Å². The topological polar surface area (TPSA) is 75.6 Å². The maximum absolute atomic E-state index is 11.7. The molecule has 2 rings (SSSR count). The summed E-state index contributed by atoms with van der Waals surface area (Å²) in [7, 11) is 0. The van der Waals surface area contributed by atoms with Crippen LogP contribution in [-0.2, 0) is 11.2 Å². The first kappa shape index (κ1) is 12.4. The standard InChI is InChI=1S/C13H15NO4/c15-9-11(12-4-2-8-18-12)14-13(16)6-5-10-3-1-7-17-10/h1-4,7-8,11,15H,5-6,9H2,(H,14,16). The molecule has 2 N–H and O–H groups in total. The summed E-state index contributed by atoms with van der Waals surface area (Å²) in [5.74, 6) is 1.16. The van der Waals surface area contributed by atoms with Crippen LogP contribution < -0.4 is 5.32 Å². The van der Waals surface area contributed by atoms with Gasteiger partial charge in [-0.15, -0.1) is 0 Å². The first-order valence-corrected chi connectivity index (χ1v) is 5.75. The molecule has 0 bridgehead atoms. The second kappa shape index (κ2) is 6.07. The van der Waals surface area contributed by atoms with Gasteiger partial charge in [0.15, 0.2) is 0 Å². The predicted molar refractivity (Wildman–Crippen MR) is 63.7 cm³/mol. The van der Waals surface area contributed by atoms with Crippen molar-refractivity contribution in [3.05, 3.63) is 48.3 Å². The van der Waals surface area contributed by atoms with Gasteiger partial charge in [-0.1, -0.05) is 0 Å². The van der Waals surface area contributed by atoms with E-state index in [1.165, 1.54) is 6.26 Å². The molecule has 1 unspecified atom stereocenters. The lowest BCUT2D eigenvalue weighted by molar-refractivity contribution is -0.122. The summed E-state index contributed by atoms with van der Waals surface area (Å²) in [5.41, 5.74) is 0. The zero-order valence-corrected chi connectivity index (χ0v) is 9.83. The number of carbonyl (C=O) groups is 1. The monoisotopic (exact) mass is 249 g/mol. The fraction of sp³-hybridized carbons (Fsp3) is 0.308. The zero-order valence-electron chi connectivity index (χ0n) is 9.83. The number of nitrogens with one attached hydrogen (secondary N) is 1. The number of hydrogen-bond acceptors (Lipinski definition) is 4. The number of aliphatic hydroxyl groups is 1. The highest BCUT2D eigenvalue weighted by Crippen LogP contribution is 2.13. The minimum Gasteiger partial charge on any atom is -0.469 e. The second-order valence-corrected chi connectivity index (χ2v) is 3.90. The molecular formula is C13H15NO4. The number of amides is 1. The minimum absolute atomic E-state index is 0.151. The van der Waals surface area contributed by atoms with Crippen molar-refractivity contribution in [3.8, 4) is 0 Å². The number of rotatable bonds is 6. The third kappa shape index (κ3) is 3.24. The molecule has 0 aliphatic heterocycles. The van der Waals surface area contributed by atoms with Crippen LogP contribution in [0.2, 0.25) is 0 Å². The van der Waals surface area contributed by atoms with Crippen molar-refractivity contribution in [2.24, 2.45) is 0 Å². The van der Waals surface area contributed by atoms with Gasteiger partial charge in [0, 0.05) is 12.8 Å². The third-order valence-electron chi connectivity index (χ3n) is 2.58. The second-order valence-electron chi connectivity index (χ2n) is 3.90. The van der Waals surface area contributed by atoms with E-state index < -0.39 is 6.04 Å². The van der Waals surface area contributed by atoms with Gasteiger partial charge < -0.3 is 19.3 Å². The van der Waals surface area contributed by atoms with E-state index in [1.807, 2.05) is 6.07 Å². The molecule has 1 amide bonds. The van der Waals surface area contributed by atoms with Crippen molar-refractivity contribution in [2.45, 2.75) is 18.9 Å². The first-order valence-electron chi connectivity index (χ1n) is 5.75. The zero-order chi connectivity index (χ0) is 12.8. The lowest BCUT2D eigenvalue weighted by Crippen LogP contribution is -2.30. The average molecular weight is 249 g/mol. The van der Waals surface area contributed by atoms with Gasteiger partial charge in [-0.3, -0.25) is 4.79 Å². The molecule has 0 radical (unpaired) electrons. The van der Waals surface area contributed by atoms with E-state index in [-0.39, 0.29) is 12.5 Å². The van der Waals surface area contributed by atoms with E-state index in [1.54, 1.807) is 24.5 Å². The van der Waals surface area contributed by atoms with E-state index in [0.29, 0.717) is 18.6 Å². The molecule has 0 aliphatic carbocycles. The summed E-state index contributed by atoms with van der Waals surface area (Å²) in [6, 6.07) is 6.54. The summed E-state index contributed by atoms with van der Waals surface area (Å²) in [4.78, 5) is 11.7. The Hall–Kier alpha value is -2.01. The maximum Gasteiger partial charge on any atom is 0.221 e. The highest BCUT2D eigenvalue weighted by molar-refractivity contribution is 5.76. The van der Waals surface area contributed by atoms with Crippen LogP contribution in [0, 0.1) is 0 Å². The molecule has 2 aromatic rings. The van der Waals surface area contributed by atoms with E-state index in [0.717, 1.165) is 5.76 Å². The smallest absolute Gasteiger partial charge is 0.221 e. The Balaban J connectivity index is 1.82. The number of carbonyl (C=O) groups excluding carboxylic acids is 1. The number of furan rings is 2. The fourth-order valence-corrected chi connectivity index (χ4v) is 1.65. The van der Waals surface area contributed by atoms with Crippen molar-refractivity contribution in [1.29, 1.82) is 0 Å². The van der Waals surface area contributed by atoms with Gasteiger partial charge in [0.25, 0.3) is 0 Å². The van der Waals surface area contributed by atoms with Crippen molar-refractivity contribution < 1.29 is 18.7 Å². The van der Waals surface area contributed by atoms with Crippen molar-refractivity contribution in [1.82, 2.24) is 5.32 Å². The van der Waals surface area contributed by atoms with Crippen LogP contribution in [-0.4, -0.2) is 17.6 Å². The molecular weight excluding hydrogens is 234 g/mol. The van der Waals surface area contributed by atoms with Crippen LogP contribution >= 0.6 is 0 Å². The van der Waals surface area contributed by atoms with E-state index in [9.17, 15) is 9.90 Å². The van der Waals surface area contributed by atoms with Crippen molar-refractivity contribution in [3.63, 3.8) is 0 Å². The van der Waals surface area contributed by atoms with Gasteiger partial charge in [-0.25, -0.2) is 0 Å². The predicted octanol–water partition coefficient (Wildman–Crippen LogP) is 1.66. The molecule has 2 aromatic heterocycles. The van der Waals surface area contributed by atoms with Crippen LogP contribution in [0.4, 0.5) is 0 Å². The van der Waals surface area contributed by atoms with Gasteiger partial charge in [0.1, 0.15) is 17.6 Å². The van der Waals surface area contributed by atoms with Gasteiger partial charge in [-0.2, -0.15) is 0 Å². The lowest BCUT2D eigenvalue weighted by atomic mass is 10.2. The van der Waals surface area contributed by atoms with Crippen LogP contribution in [0.5, 0.6) is 0 Å². The number of aliphatic hydroxyl groups excluding tert-OH is 1. The molecule has 96 valence electrons. The Labute approximate surface area is 104 Å². The van der Waals surface area contributed by atoms with Crippen LogP contribution in [0.3, 0.4) is 0 Å². The normalized spacial score (nSPS) is 12.3. The molecule has 1 atom stereocenters. The molecule has 0 aliphatic rings. The summed E-state index contributed by atoms with van der Waals surface area (Å²) in [6.07, 6.45) is 3.93. The Morgan fingerprint density at radius 1 is 1.28 bits per heavy atom. The number of aryl methyl sites for hydroxylation is 1. The molecule has 0 saturated heterocycles. The molecule has 0 spiro atoms. The average Bonchev–Trinajstić information content (AvgIpc) is 3.05. The molecule has 0 aromatic carbocycles. The van der Waals surface area contributed by atoms with Crippen molar-refractivity contribution in [2.75, 3.05) is 6.61 Å². The van der Waals surface area contributed by atoms with Gasteiger partial charge in [-0.05, 0) is 24.3 Å². The molecule has 18 heavy (non-hydrogen) atoms. The summed E-state index contributed by atoms with van der Waals surface area (Å²) in [5, 5.41) is 11.9. The summed E-state index contributed by atoms with van der Waals surface area (Å²) >= 11 is 0. The molecule has 5 heteroatoms. The van der Waals surface area contributed by atoms with E-state index in [2.05, 4.69) is 5.32 Å². The summed E-state index contributed by atoms with van der Waals surface area (Å²) < 4.78 is 10.3. The van der Waals surface area contributed by atoms with E-state index in [4.69, 9.17) is 8.83 Å². The minimum atomic E-state index is -0.496. The quantitative estimate of drug-likeness (QED) is 0.816. The highest BCUT2D eigenvalue weighted by atomic mass is 16.3. The Morgan fingerprint density at radius 3 is 2.67 bits per heavy atom. The van der Waals surface area contributed by atoms with Crippen LogP contribution in [0.25, 0.3) is 0 Å². The highest BCUT2D eigenvalue weighted by Gasteiger charge is 2.16. The maximum atomic E-state index is 11.7. The van der Waals surface area contributed by atoms with Crippen molar-refractivity contribution >= 4 is 5.91 Å². The SMILES string of the molecule is O=C(CCc1ccco1)NC(CO)c1ccco1. The lowest BCUT2D eigenvalue weighted by Gasteiger charge is -2.13. The molecule has 0 fully saturated rings. The molecule has 0 saturated carbocycles. The Morgan fingerprint density at radius 2 is 2.06 bits per heavy atom. The van der Waals surface area contributed by atoms with Crippen LogP contribution in [0.1, 0.15) is 24.0 Å². The Bertz CT molecular complexity index is 461. The fourth-order valence-electron chi connectivity index (χ4n) is 1.65. The van der Waals surface area contributed by atoms with Gasteiger partial charge in [0.2, 0.25) is 5.91 Å². The molecule has 2 heterocycles. The largest absolute Gasteiger partial charge is 0.469 e. The van der Waals surface area contributed by atoms with Gasteiger partial charge >= 0.3 is 0 Å². The van der Waals surface area contributed by atoms with E-state index >= 15 is 0 Å². The first-order chi connectivity index (χ1) is 8.79. The molecule has 5 nitrogen and oxygen atoms in total.